The number of methoxy groups -OCH3 is 1. The normalized spacial score (nSPS) is 11.9. The van der Waals surface area contributed by atoms with Crippen LogP contribution in [0.15, 0.2) is 53.0 Å². The fourth-order valence-corrected chi connectivity index (χ4v) is 2.42. The molecule has 0 fully saturated rings. The molecule has 110 valence electrons. The number of rotatable bonds is 5. The number of ether oxygens (including phenoxy) is 1. The summed E-state index contributed by atoms with van der Waals surface area (Å²) in [5.41, 5.74) is 1.52. The van der Waals surface area contributed by atoms with Crippen LogP contribution in [0.25, 0.3) is 0 Å². The lowest BCUT2D eigenvalue weighted by Crippen LogP contribution is -2.29. The van der Waals surface area contributed by atoms with Gasteiger partial charge in [0.1, 0.15) is 11.8 Å². The van der Waals surface area contributed by atoms with Crippen molar-refractivity contribution in [3.8, 4) is 5.75 Å². The first-order chi connectivity index (χ1) is 10.1. The van der Waals surface area contributed by atoms with Crippen molar-refractivity contribution in [2.45, 2.75) is 12.6 Å². The predicted molar refractivity (Wildman–Crippen MR) is 83.8 cm³/mol. The van der Waals surface area contributed by atoms with Crippen molar-refractivity contribution in [2.75, 3.05) is 7.11 Å². The lowest BCUT2D eigenvalue weighted by Gasteiger charge is -2.17. The Morgan fingerprint density at radius 2 is 1.95 bits per heavy atom. The maximum atomic E-state index is 11.9. The number of esters is 1. The average molecular weight is 350 g/mol. The van der Waals surface area contributed by atoms with Crippen molar-refractivity contribution in [3.05, 3.63) is 64.1 Å². The molecule has 0 radical (unpaired) electrons. The Balaban J connectivity index is 2.17. The average Bonchev–Trinajstić information content (AvgIpc) is 2.52. The molecular weight excluding hydrogens is 334 g/mol. The Hall–Kier alpha value is -1.85. The van der Waals surface area contributed by atoms with Crippen LogP contribution in [0.1, 0.15) is 17.2 Å². The van der Waals surface area contributed by atoms with Crippen molar-refractivity contribution in [1.29, 1.82) is 0 Å². The van der Waals surface area contributed by atoms with Gasteiger partial charge in [-0.3, -0.25) is 5.32 Å². The first kappa shape index (κ1) is 15.5. The van der Waals surface area contributed by atoms with Gasteiger partial charge in [0, 0.05) is 12.1 Å². The van der Waals surface area contributed by atoms with Gasteiger partial charge in [0.2, 0.25) is 0 Å². The molecule has 0 aliphatic heterocycles. The third-order valence-electron chi connectivity index (χ3n) is 3.14. The molecule has 1 atom stereocenters. The zero-order chi connectivity index (χ0) is 15.2. The number of phenols is 1. The molecule has 2 rings (SSSR count). The third-order valence-corrected chi connectivity index (χ3v) is 3.78. The monoisotopic (exact) mass is 349 g/mol. The quantitative estimate of drug-likeness (QED) is 0.814. The van der Waals surface area contributed by atoms with E-state index in [4.69, 9.17) is 4.74 Å². The van der Waals surface area contributed by atoms with Gasteiger partial charge in [-0.25, -0.2) is 4.79 Å². The van der Waals surface area contributed by atoms with E-state index in [-0.39, 0.29) is 11.7 Å². The van der Waals surface area contributed by atoms with E-state index in [1.165, 1.54) is 7.11 Å². The first-order valence-corrected chi connectivity index (χ1v) is 7.25. The molecule has 4 nitrogen and oxygen atoms in total. The zero-order valence-corrected chi connectivity index (χ0v) is 13.1. The van der Waals surface area contributed by atoms with Crippen LogP contribution in [-0.2, 0) is 16.1 Å². The summed E-state index contributed by atoms with van der Waals surface area (Å²) in [4.78, 5) is 11.9. The Morgan fingerprint density at radius 1 is 1.24 bits per heavy atom. The van der Waals surface area contributed by atoms with Gasteiger partial charge in [-0.05, 0) is 27.6 Å². The van der Waals surface area contributed by atoms with Crippen LogP contribution in [0.2, 0.25) is 0 Å². The Kier molecular flexibility index (Phi) is 5.36. The van der Waals surface area contributed by atoms with Gasteiger partial charge in [-0.15, -0.1) is 0 Å². The third kappa shape index (κ3) is 3.83. The summed E-state index contributed by atoms with van der Waals surface area (Å²) in [6.07, 6.45) is 0. The van der Waals surface area contributed by atoms with Crippen LogP contribution >= 0.6 is 15.9 Å². The second-order valence-electron chi connectivity index (χ2n) is 4.50. The predicted octanol–water partition coefficient (Wildman–Crippen LogP) is 3.16. The van der Waals surface area contributed by atoms with Gasteiger partial charge in [-0.1, -0.05) is 42.5 Å². The molecule has 1 unspecified atom stereocenters. The zero-order valence-electron chi connectivity index (χ0n) is 11.5. The molecule has 21 heavy (non-hydrogen) atoms. The first-order valence-electron chi connectivity index (χ1n) is 6.46. The van der Waals surface area contributed by atoms with Crippen molar-refractivity contribution < 1.29 is 14.6 Å². The highest BCUT2D eigenvalue weighted by Gasteiger charge is 2.21. The van der Waals surface area contributed by atoms with E-state index in [1.54, 1.807) is 12.1 Å². The molecule has 0 aliphatic rings. The number of hydrogen-bond acceptors (Lipinski definition) is 4. The number of carbonyl (C=O) groups excluding carboxylic acids is 1. The van der Waals surface area contributed by atoms with Crippen molar-refractivity contribution in [1.82, 2.24) is 5.32 Å². The van der Waals surface area contributed by atoms with E-state index < -0.39 is 6.04 Å². The van der Waals surface area contributed by atoms with Gasteiger partial charge >= 0.3 is 5.97 Å². The number of hydrogen-bond donors (Lipinski definition) is 2. The van der Waals surface area contributed by atoms with E-state index in [2.05, 4.69) is 21.2 Å². The van der Waals surface area contributed by atoms with Gasteiger partial charge in [0.25, 0.3) is 0 Å². The summed E-state index contributed by atoms with van der Waals surface area (Å²) in [5, 5.41) is 13.1. The lowest BCUT2D eigenvalue weighted by atomic mass is 10.1. The summed E-state index contributed by atoms with van der Waals surface area (Å²) in [5.74, 6) is -0.197. The molecule has 2 aromatic carbocycles. The Bertz CT molecular complexity index is 616. The molecular formula is C16H16BrNO3. The number of phenolic OH excluding ortho intramolecular Hbond substituents is 1. The maximum Gasteiger partial charge on any atom is 0.327 e. The highest BCUT2D eigenvalue weighted by molar-refractivity contribution is 9.10. The second-order valence-corrected chi connectivity index (χ2v) is 5.35. The number of para-hydroxylation sites is 1. The summed E-state index contributed by atoms with van der Waals surface area (Å²) >= 11 is 3.27. The number of aromatic hydroxyl groups is 1. The number of halogens is 1. The van der Waals surface area contributed by atoms with Gasteiger partial charge in [0.05, 0.1) is 11.6 Å². The van der Waals surface area contributed by atoms with E-state index >= 15 is 0 Å². The molecule has 0 saturated carbocycles. The minimum Gasteiger partial charge on any atom is -0.506 e. The molecule has 0 aliphatic carbocycles. The van der Waals surface area contributed by atoms with Gasteiger partial charge in [-0.2, -0.15) is 0 Å². The molecule has 2 N–H and O–H groups in total. The maximum absolute atomic E-state index is 11.9. The standard InChI is InChI=1S/C16H16BrNO3/c1-21-16(20)14(11-6-3-2-4-7-11)18-10-12-8-5-9-13(17)15(12)19/h2-9,14,18-19H,10H2,1H3. The fourth-order valence-electron chi connectivity index (χ4n) is 2.02. The van der Waals surface area contributed by atoms with Crippen LogP contribution in [0.5, 0.6) is 5.75 Å². The molecule has 0 heterocycles. The molecule has 0 aromatic heterocycles. The fraction of sp³-hybridized carbons (Fsp3) is 0.188. The molecule has 5 heteroatoms. The minimum atomic E-state index is -0.574. The van der Waals surface area contributed by atoms with Crippen LogP contribution in [0, 0.1) is 0 Å². The Labute approximate surface area is 131 Å². The summed E-state index contributed by atoms with van der Waals surface area (Å²) < 4.78 is 5.46. The van der Waals surface area contributed by atoms with E-state index in [0.29, 0.717) is 16.6 Å². The summed E-state index contributed by atoms with van der Waals surface area (Å²) in [6, 6.07) is 14.1. The van der Waals surface area contributed by atoms with Crippen LogP contribution < -0.4 is 5.32 Å². The topological polar surface area (TPSA) is 58.6 Å². The molecule has 2 aromatic rings. The molecule has 0 amide bonds. The van der Waals surface area contributed by atoms with Crippen molar-refractivity contribution in [3.63, 3.8) is 0 Å². The van der Waals surface area contributed by atoms with E-state index in [9.17, 15) is 9.90 Å². The molecule has 0 saturated heterocycles. The smallest absolute Gasteiger partial charge is 0.327 e. The highest BCUT2D eigenvalue weighted by atomic mass is 79.9. The SMILES string of the molecule is COC(=O)C(NCc1cccc(Br)c1O)c1ccccc1. The number of benzene rings is 2. The largest absolute Gasteiger partial charge is 0.506 e. The molecule has 0 bridgehead atoms. The van der Waals surface area contributed by atoms with Crippen LogP contribution in [0.3, 0.4) is 0 Å². The summed E-state index contributed by atoms with van der Waals surface area (Å²) in [7, 11) is 1.36. The minimum absolute atomic E-state index is 0.168. The number of carbonyl (C=O) groups is 1. The summed E-state index contributed by atoms with van der Waals surface area (Å²) in [6.45, 7) is 0.347. The van der Waals surface area contributed by atoms with Crippen LogP contribution in [0.4, 0.5) is 0 Å². The molecule has 0 spiro atoms. The van der Waals surface area contributed by atoms with Gasteiger partial charge in [0.15, 0.2) is 0 Å². The van der Waals surface area contributed by atoms with E-state index in [1.807, 2.05) is 36.4 Å². The van der Waals surface area contributed by atoms with Crippen molar-refractivity contribution >= 4 is 21.9 Å². The van der Waals surface area contributed by atoms with Crippen molar-refractivity contribution in [2.24, 2.45) is 0 Å². The Morgan fingerprint density at radius 3 is 2.62 bits per heavy atom. The lowest BCUT2D eigenvalue weighted by molar-refractivity contribution is -0.143. The number of nitrogens with one attached hydrogen (secondary N) is 1. The van der Waals surface area contributed by atoms with E-state index in [0.717, 1.165) is 5.56 Å². The van der Waals surface area contributed by atoms with Crippen LogP contribution in [-0.4, -0.2) is 18.2 Å². The highest BCUT2D eigenvalue weighted by Crippen LogP contribution is 2.27. The second kappa shape index (κ2) is 7.24. The van der Waals surface area contributed by atoms with Gasteiger partial charge < -0.3 is 9.84 Å².